The number of carbonyl (C=O) groups is 2. The van der Waals surface area contributed by atoms with Crippen LogP contribution in [-0.2, 0) is 4.79 Å². The quantitative estimate of drug-likeness (QED) is 0.875. The molecule has 0 radical (unpaired) electrons. The molecule has 0 aliphatic carbocycles. The Bertz CT molecular complexity index is 429. The Morgan fingerprint density at radius 1 is 1.56 bits per heavy atom. The maximum atomic E-state index is 12.1. The van der Waals surface area contributed by atoms with E-state index in [9.17, 15) is 9.59 Å². The Balaban J connectivity index is 2.22. The molecule has 1 aliphatic rings. The molecular formula is C10H11NO3S2. The number of aliphatic carboxylic acids is 1. The molecule has 1 unspecified atom stereocenters. The number of hydrogen-bond donors (Lipinski definition) is 1. The van der Waals surface area contributed by atoms with E-state index in [1.54, 1.807) is 0 Å². The number of aryl methyl sites for hydroxylation is 1. The number of hydrogen-bond acceptors (Lipinski definition) is 4. The second kappa shape index (κ2) is 4.47. The Kier molecular flexibility index (Phi) is 3.20. The highest BCUT2D eigenvalue weighted by molar-refractivity contribution is 7.99. The molecule has 0 saturated carbocycles. The van der Waals surface area contributed by atoms with Gasteiger partial charge in [-0.2, -0.15) is 0 Å². The van der Waals surface area contributed by atoms with E-state index in [-0.39, 0.29) is 5.91 Å². The van der Waals surface area contributed by atoms with Crippen LogP contribution in [0.25, 0.3) is 0 Å². The second-order valence-corrected chi connectivity index (χ2v) is 5.48. The molecule has 16 heavy (non-hydrogen) atoms. The van der Waals surface area contributed by atoms with Gasteiger partial charge in [0.2, 0.25) is 0 Å². The lowest BCUT2D eigenvalue weighted by Crippen LogP contribution is -2.41. The van der Waals surface area contributed by atoms with Crippen molar-refractivity contribution in [1.82, 2.24) is 4.90 Å². The summed E-state index contributed by atoms with van der Waals surface area (Å²) in [7, 11) is 0. The average molecular weight is 257 g/mol. The van der Waals surface area contributed by atoms with E-state index in [4.69, 9.17) is 5.11 Å². The van der Waals surface area contributed by atoms with Crippen LogP contribution in [0.1, 0.15) is 15.2 Å². The fourth-order valence-electron chi connectivity index (χ4n) is 1.57. The minimum Gasteiger partial charge on any atom is -0.480 e. The van der Waals surface area contributed by atoms with Crippen LogP contribution in [0.4, 0.5) is 0 Å². The van der Waals surface area contributed by atoms with Gasteiger partial charge < -0.3 is 10.0 Å². The molecule has 6 heteroatoms. The molecular weight excluding hydrogens is 246 g/mol. The zero-order valence-electron chi connectivity index (χ0n) is 8.67. The summed E-state index contributed by atoms with van der Waals surface area (Å²) in [4.78, 5) is 25.2. The van der Waals surface area contributed by atoms with Crippen molar-refractivity contribution < 1.29 is 14.7 Å². The number of rotatable bonds is 2. The molecule has 1 atom stereocenters. The van der Waals surface area contributed by atoms with Gasteiger partial charge in [0, 0.05) is 5.75 Å². The molecule has 1 aromatic rings. The van der Waals surface area contributed by atoms with Crippen molar-refractivity contribution in [3.8, 4) is 0 Å². The lowest BCUT2D eigenvalue weighted by Gasteiger charge is -2.19. The van der Waals surface area contributed by atoms with Crippen LogP contribution in [0.5, 0.6) is 0 Å². The Labute approximate surface area is 101 Å². The molecule has 86 valence electrons. The summed E-state index contributed by atoms with van der Waals surface area (Å²) in [5.74, 6) is -0.143. The molecule has 4 nitrogen and oxygen atoms in total. The van der Waals surface area contributed by atoms with Crippen LogP contribution in [0, 0.1) is 6.92 Å². The number of amides is 1. The lowest BCUT2D eigenvalue weighted by atomic mass is 10.2. The van der Waals surface area contributed by atoms with Crippen LogP contribution >= 0.6 is 23.1 Å². The maximum absolute atomic E-state index is 12.1. The van der Waals surface area contributed by atoms with Crippen LogP contribution in [0.2, 0.25) is 0 Å². The Morgan fingerprint density at radius 3 is 2.88 bits per heavy atom. The summed E-state index contributed by atoms with van der Waals surface area (Å²) in [5.41, 5.74) is 0.913. The van der Waals surface area contributed by atoms with Crippen molar-refractivity contribution in [3.63, 3.8) is 0 Å². The van der Waals surface area contributed by atoms with Crippen molar-refractivity contribution in [1.29, 1.82) is 0 Å². The number of carboxylic acid groups (broad SMARTS) is 1. The molecule has 0 bridgehead atoms. The summed E-state index contributed by atoms with van der Waals surface area (Å²) in [6.07, 6.45) is 0. The first-order valence-corrected chi connectivity index (χ1v) is 6.80. The molecule has 1 N–H and O–H groups in total. The zero-order valence-corrected chi connectivity index (χ0v) is 10.3. The van der Waals surface area contributed by atoms with Gasteiger partial charge in [-0.3, -0.25) is 4.79 Å². The van der Waals surface area contributed by atoms with E-state index < -0.39 is 12.0 Å². The molecule has 1 fully saturated rings. The standard InChI is InChI=1S/C10H11NO3S2/c1-6-2-3-16-8(6)9(12)11-5-15-4-7(11)10(13)14/h2-3,7H,4-5H2,1H3,(H,13,14). The zero-order chi connectivity index (χ0) is 11.7. The highest BCUT2D eigenvalue weighted by atomic mass is 32.2. The molecule has 1 saturated heterocycles. The van der Waals surface area contributed by atoms with Gasteiger partial charge in [-0.1, -0.05) is 0 Å². The van der Waals surface area contributed by atoms with Gasteiger partial charge in [0.15, 0.2) is 0 Å². The smallest absolute Gasteiger partial charge is 0.327 e. The van der Waals surface area contributed by atoms with Crippen molar-refractivity contribution in [2.75, 3.05) is 11.6 Å². The monoisotopic (exact) mass is 257 g/mol. The highest BCUT2D eigenvalue weighted by Crippen LogP contribution is 2.26. The van der Waals surface area contributed by atoms with Gasteiger partial charge in [0.05, 0.1) is 10.8 Å². The van der Waals surface area contributed by atoms with E-state index in [1.165, 1.54) is 28.0 Å². The van der Waals surface area contributed by atoms with Crippen molar-refractivity contribution in [2.45, 2.75) is 13.0 Å². The van der Waals surface area contributed by atoms with E-state index in [0.717, 1.165) is 5.56 Å². The molecule has 2 heterocycles. The van der Waals surface area contributed by atoms with Gasteiger partial charge in [0.1, 0.15) is 6.04 Å². The third kappa shape index (κ3) is 1.94. The largest absolute Gasteiger partial charge is 0.480 e. The van der Waals surface area contributed by atoms with Crippen molar-refractivity contribution in [2.24, 2.45) is 0 Å². The summed E-state index contributed by atoms with van der Waals surface area (Å²) >= 11 is 2.84. The van der Waals surface area contributed by atoms with E-state index in [0.29, 0.717) is 16.5 Å². The second-order valence-electron chi connectivity index (χ2n) is 3.56. The number of nitrogens with zero attached hydrogens (tertiary/aromatic N) is 1. The molecule has 2 rings (SSSR count). The fourth-order valence-corrected chi connectivity index (χ4v) is 3.60. The number of carboxylic acids is 1. The van der Waals surface area contributed by atoms with Crippen LogP contribution in [0.15, 0.2) is 11.4 Å². The first-order valence-electron chi connectivity index (χ1n) is 4.77. The molecule has 1 aliphatic heterocycles. The fraction of sp³-hybridized carbons (Fsp3) is 0.400. The van der Waals surface area contributed by atoms with Gasteiger partial charge >= 0.3 is 5.97 Å². The van der Waals surface area contributed by atoms with Crippen LogP contribution in [-0.4, -0.2) is 39.6 Å². The van der Waals surface area contributed by atoms with Gasteiger partial charge in [0.25, 0.3) is 5.91 Å². The maximum Gasteiger partial charge on any atom is 0.327 e. The predicted octanol–water partition coefficient (Wildman–Crippen LogP) is 1.66. The first kappa shape index (κ1) is 11.5. The van der Waals surface area contributed by atoms with Gasteiger partial charge in [-0.05, 0) is 23.9 Å². The minimum atomic E-state index is -0.924. The number of thioether (sulfide) groups is 1. The summed E-state index contributed by atoms with van der Waals surface area (Å²) in [6.45, 7) is 1.86. The van der Waals surface area contributed by atoms with Crippen LogP contribution < -0.4 is 0 Å². The SMILES string of the molecule is Cc1ccsc1C(=O)N1CSCC1C(=O)O. The summed E-state index contributed by atoms with van der Waals surface area (Å²) in [6, 6.07) is 1.19. The summed E-state index contributed by atoms with van der Waals surface area (Å²) in [5, 5.41) is 10.8. The third-order valence-corrected chi connectivity index (χ3v) is 4.50. The van der Waals surface area contributed by atoms with E-state index in [1.807, 2.05) is 18.4 Å². The molecule has 0 aromatic carbocycles. The molecule has 1 aromatic heterocycles. The Hall–Kier alpha value is -1.01. The molecule has 0 spiro atoms. The number of carbonyl (C=O) groups excluding carboxylic acids is 1. The third-order valence-electron chi connectivity index (χ3n) is 2.48. The predicted molar refractivity (Wildman–Crippen MR) is 64.0 cm³/mol. The summed E-state index contributed by atoms with van der Waals surface area (Å²) < 4.78 is 0. The Morgan fingerprint density at radius 2 is 2.31 bits per heavy atom. The normalized spacial score (nSPS) is 20.1. The van der Waals surface area contributed by atoms with Gasteiger partial charge in [-0.15, -0.1) is 23.1 Å². The highest BCUT2D eigenvalue weighted by Gasteiger charge is 2.35. The molecule has 1 amide bonds. The van der Waals surface area contributed by atoms with Crippen LogP contribution in [0.3, 0.4) is 0 Å². The lowest BCUT2D eigenvalue weighted by molar-refractivity contribution is -0.140. The van der Waals surface area contributed by atoms with Crippen molar-refractivity contribution in [3.05, 3.63) is 21.9 Å². The topological polar surface area (TPSA) is 57.6 Å². The van der Waals surface area contributed by atoms with Gasteiger partial charge in [-0.25, -0.2) is 4.79 Å². The number of thiophene rings is 1. The first-order chi connectivity index (χ1) is 7.61. The minimum absolute atomic E-state index is 0.162. The van der Waals surface area contributed by atoms with E-state index in [2.05, 4.69) is 0 Å². The average Bonchev–Trinajstić information content (AvgIpc) is 2.84. The van der Waals surface area contributed by atoms with Crippen molar-refractivity contribution >= 4 is 35.0 Å². The van der Waals surface area contributed by atoms with E-state index >= 15 is 0 Å².